The van der Waals surface area contributed by atoms with E-state index in [0.29, 0.717) is 12.5 Å². The maximum absolute atomic E-state index is 13.0. The third kappa shape index (κ3) is 6.65. The van der Waals surface area contributed by atoms with Crippen LogP contribution in [-0.2, 0) is 22.4 Å². The fraction of sp³-hybridized carbons (Fsp3) is 0.485. The van der Waals surface area contributed by atoms with Gasteiger partial charge in [-0.25, -0.2) is 9.67 Å². The first-order chi connectivity index (χ1) is 19.7. The van der Waals surface area contributed by atoms with Crippen molar-refractivity contribution in [3.05, 3.63) is 72.2 Å². The van der Waals surface area contributed by atoms with Gasteiger partial charge in [0.15, 0.2) is 14.1 Å². The van der Waals surface area contributed by atoms with Crippen molar-refractivity contribution in [3.63, 3.8) is 0 Å². The molecule has 224 valence electrons. The normalized spacial score (nSPS) is 16.4. The Bertz CT molecular complexity index is 1540. The molecule has 3 aromatic heterocycles. The number of rotatable bonds is 9. The fourth-order valence-electron chi connectivity index (χ4n) is 4.75. The highest BCUT2D eigenvalue weighted by molar-refractivity contribution is 7.90. The lowest BCUT2D eigenvalue weighted by Crippen LogP contribution is -2.44. The van der Waals surface area contributed by atoms with E-state index in [1.54, 1.807) is 0 Å². The van der Waals surface area contributed by atoms with E-state index in [4.69, 9.17) is 19.5 Å². The summed E-state index contributed by atoms with van der Waals surface area (Å²) in [6.07, 6.45) is 5.34. The van der Waals surface area contributed by atoms with Gasteiger partial charge < -0.3 is 8.98 Å². The molecule has 2 atom stereocenters. The zero-order valence-electron chi connectivity index (χ0n) is 26.3. The number of hydrogen-bond donors (Lipinski definition) is 1. The van der Waals surface area contributed by atoms with Gasteiger partial charge in [-0.05, 0) is 88.0 Å². The number of benzene rings is 1. The van der Waals surface area contributed by atoms with E-state index in [-0.39, 0.29) is 15.8 Å². The predicted octanol–water partition coefficient (Wildman–Crippen LogP) is 7.90. The van der Waals surface area contributed by atoms with Crippen LogP contribution in [-0.4, -0.2) is 37.4 Å². The van der Waals surface area contributed by atoms with E-state index in [2.05, 4.69) is 68.9 Å². The zero-order valence-corrected chi connectivity index (χ0v) is 28.1. The molecule has 1 aliphatic rings. The summed E-state index contributed by atoms with van der Waals surface area (Å²) in [7, 11) is -1.89. The first-order valence-corrected chi connectivity index (χ1v) is 19.0. The molecule has 1 aliphatic carbocycles. The Labute approximate surface area is 255 Å². The van der Waals surface area contributed by atoms with Crippen molar-refractivity contribution in [1.82, 2.24) is 24.5 Å². The maximum atomic E-state index is 13.0. The lowest BCUT2D eigenvalue weighted by molar-refractivity contribution is 0.247. The summed E-state index contributed by atoms with van der Waals surface area (Å²) in [4.78, 5) is 10.0. The van der Waals surface area contributed by atoms with Crippen LogP contribution in [0.1, 0.15) is 78.2 Å². The minimum Gasteiger partial charge on any atom is -0.598 e. The smallest absolute Gasteiger partial charge is 0.192 e. The second kappa shape index (κ2) is 11.8. The first-order valence-electron chi connectivity index (χ1n) is 15.0. The molecule has 0 radical (unpaired) electrons. The lowest BCUT2D eigenvalue weighted by atomic mass is 9.79. The molecule has 1 aromatic carbocycles. The summed E-state index contributed by atoms with van der Waals surface area (Å²) in [6, 6.07) is 18.5. The fourth-order valence-corrected chi connectivity index (χ4v) is 6.58. The van der Waals surface area contributed by atoms with Crippen LogP contribution in [0.25, 0.3) is 28.0 Å². The SMILES string of the molecule is CC(C)(C)[S+]([O-])NC(c1cccc(-c2ccc3cnn(-c4cccc(CO[Si](C)(C)C(C)(C)C)n4)c3c2)n1)C1CCC1. The van der Waals surface area contributed by atoms with Crippen LogP contribution in [0.3, 0.4) is 0 Å². The van der Waals surface area contributed by atoms with E-state index < -0.39 is 19.7 Å². The topological polar surface area (TPSA) is 87.9 Å². The van der Waals surface area contributed by atoms with Gasteiger partial charge in [0, 0.05) is 22.3 Å². The number of aromatic nitrogens is 4. The molecule has 0 bridgehead atoms. The molecule has 1 fully saturated rings. The number of fused-ring (bicyclic) bond motifs is 1. The molecular formula is C33H45N5O2SSi. The number of hydrogen-bond acceptors (Lipinski definition) is 6. The van der Waals surface area contributed by atoms with Crippen LogP contribution in [0.4, 0.5) is 0 Å². The van der Waals surface area contributed by atoms with Gasteiger partial charge in [0.1, 0.15) is 4.75 Å². The second-order valence-corrected chi connectivity index (χ2v) is 20.8. The van der Waals surface area contributed by atoms with Crippen LogP contribution in [0.15, 0.2) is 60.8 Å². The van der Waals surface area contributed by atoms with Crippen molar-refractivity contribution in [2.45, 2.75) is 96.3 Å². The maximum Gasteiger partial charge on any atom is 0.192 e. The van der Waals surface area contributed by atoms with Crippen molar-refractivity contribution in [3.8, 4) is 17.1 Å². The molecule has 0 saturated heterocycles. The van der Waals surface area contributed by atoms with Gasteiger partial charge in [-0.3, -0.25) is 4.98 Å². The Morgan fingerprint density at radius 1 is 1.02 bits per heavy atom. The molecular weight excluding hydrogens is 559 g/mol. The molecule has 2 unspecified atom stereocenters. The number of nitrogens with zero attached hydrogens (tertiary/aromatic N) is 4. The summed E-state index contributed by atoms with van der Waals surface area (Å²) in [5.41, 5.74) is 4.71. The molecule has 1 N–H and O–H groups in total. The summed E-state index contributed by atoms with van der Waals surface area (Å²) in [5.74, 6) is 1.21. The predicted molar refractivity (Wildman–Crippen MR) is 175 cm³/mol. The standard InChI is InChI=1S/C33H45N5O2SSi/c1-32(2,3)41(39)37-31(23-12-9-13-23)28-16-11-15-27(36-28)24-18-19-25-21-34-38(29(25)20-24)30-17-10-14-26(35-30)22-40-42(7,8)33(4,5)6/h10-11,14-21,23,31,37H,9,12-13,22H2,1-8H3. The van der Waals surface area contributed by atoms with E-state index in [1.165, 1.54) is 6.42 Å². The van der Waals surface area contributed by atoms with E-state index in [9.17, 15) is 4.55 Å². The van der Waals surface area contributed by atoms with Gasteiger partial charge in [-0.15, -0.1) is 4.72 Å². The quantitative estimate of drug-likeness (QED) is 0.155. The Morgan fingerprint density at radius 3 is 2.43 bits per heavy atom. The van der Waals surface area contributed by atoms with Crippen LogP contribution in [0, 0.1) is 5.92 Å². The van der Waals surface area contributed by atoms with Crippen molar-refractivity contribution in [2.75, 3.05) is 0 Å². The third-order valence-electron chi connectivity index (χ3n) is 8.76. The van der Waals surface area contributed by atoms with E-state index >= 15 is 0 Å². The van der Waals surface area contributed by atoms with Gasteiger partial charge in [0.2, 0.25) is 0 Å². The van der Waals surface area contributed by atoms with Gasteiger partial charge in [0.05, 0.1) is 41.4 Å². The van der Waals surface area contributed by atoms with Gasteiger partial charge >= 0.3 is 0 Å². The first kappa shape index (κ1) is 30.9. The van der Waals surface area contributed by atoms with Crippen molar-refractivity contribution >= 4 is 30.6 Å². The Hall–Kier alpha value is -2.56. The van der Waals surface area contributed by atoms with Crippen molar-refractivity contribution in [2.24, 2.45) is 5.92 Å². The molecule has 0 amide bonds. The monoisotopic (exact) mass is 603 g/mol. The number of nitrogens with one attached hydrogen (secondary N) is 1. The molecule has 42 heavy (non-hydrogen) atoms. The van der Waals surface area contributed by atoms with Gasteiger partial charge in [0.25, 0.3) is 0 Å². The van der Waals surface area contributed by atoms with Crippen LogP contribution in [0.5, 0.6) is 0 Å². The summed E-state index contributed by atoms with van der Waals surface area (Å²) in [5, 5.41) is 5.87. The Balaban J connectivity index is 1.43. The molecule has 3 heterocycles. The van der Waals surface area contributed by atoms with Crippen LogP contribution < -0.4 is 4.72 Å². The van der Waals surface area contributed by atoms with E-state index in [1.807, 2.05) is 55.9 Å². The minimum atomic E-state index is -1.89. The Morgan fingerprint density at radius 2 is 1.76 bits per heavy atom. The van der Waals surface area contributed by atoms with Crippen molar-refractivity contribution < 1.29 is 8.98 Å². The highest BCUT2D eigenvalue weighted by Crippen LogP contribution is 2.39. The Kier molecular flexibility index (Phi) is 8.71. The molecule has 1 saturated carbocycles. The minimum absolute atomic E-state index is 0.0338. The summed E-state index contributed by atoms with van der Waals surface area (Å²) >= 11 is -1.17. The van der Waals surface area contributed by atoms with Gasteiger partial charge in [-0.1, -0.05) is 51.5 Å². The largest absolute Gasteiger partial charge is 0.598 e. The second-order valence-electron chi connectivity index (χ2n) is 14.0. The average Bonchev–Trinajstić information content (AvgIpc) is 3.33. The molecule has 0 aliphatic heterocycles. The summed E-state index contributed by atoms with van der Waals surface area (Å²) < 4.78 is 24.5. The van der Waals surface area contributed by atoms with Crippen molar-refractivity contribution in [1.29, 1.82) is 0 Å². The average molecular weight is 604 g/mol. The van der Waals surface area contributed by atoms with Crippen LogP contribution in [0.2, 0.25) is 18.1 Å². The summed E-state index contributed by atoms with van der Waals surface area (Å²) in [6.45, 7) is 17.8. The number of pyridine rings is 2. The van der Waals surface area contributed by atoms with Gasteiger partial charge in [-0.2, -0.15) is 5.10 Å². The van der Waals surface area contributed by atoms with E-state index in [0.717, 1.165) is 52.2 Å². The van der Waals surface area contributed by atoms with Crippen LogP contribution >= 0.6 is 0 Å². The third-order valence-corrected chi connectivity index (χ3v) is 14.8. The lowest BCUT2D eigenvalue weighted by Gasteiger charge is -2.36. The molecule has 0 spiro atoms. The highest BCUT2D eigenvalue weighted by Gasteiger charge is 2.38. The highest BCUT2D eigenvalue weighted by atomic mass is 32.2. The molecule has 5 rings (SSSR count). The molecule has 7 nitrogen and oxygen atoms in total. The zero-order chi connectivity index (χ0) is 30.3. The molecule has 4 aromatic rings. The molecule has 9 heteroatoms.